The van der Waals surface area contributed by atoms with E-state index >= 15 is 0 Å². The van der Waals surface area contributed by atoms with E-state index in [4.69, 9.17) is 4.52 Å². The van der Waals surface area contributed by atoms with Gasteiger partial charge in [-0.3, -0.25) is 14.6 Å². The minimum absolute atomic E-state index is 0.00855. The largest absolute Gasteiger partial charge is 0.505 e. The van der Waals surface area contributed by atoms with Crippen molar-refractivity contribution in [2.75, 3.05) is 29.4 Å². The van der Waals surface area contributed by atoms with Gasteiger partial charge < -0.3 is 9.63 Å². The third-order valence-electron chi connectivity index (χ3n) is 5.51. The average Bonchev–Trinajstić information content (AvgIpc) is 2.73. The summed E-state index contributed by atoms with van der Waals surface area (Å²) in [5.41, 5.74) is 1.42. The van der Waals surface area contributed by atoms with Gasteiger partial charge in [-0.1, -0.05) is 36.0 Å². The first-order chi connectivity index (χ1) is 17.0. The molecule has 1 aromatic rings. The van der Waals surface area contributed by atoms with Crippen molar-refractivity contribution in [1.29, 1.82) is 0 Å². The van der Waals surface area contributed by atoms with Crippen molar-refractivity contribution in [1.82, 2.24) is 0 Å². The number of fused-ring (bicyclic) bond motifs is 1. The molecular weight excluding hydrogens is 517 g/mol. The lowest BCUT2D eigenvalue weighted by atomic mass is 9.92. The molecule has 3 N–H and O–H groups in total. The SMILES string of the molecule is CCOP1(=O)N=C([N+]2(CCC(C)(C)C)N=C(C=C(C)C)C(O)=CC2=O)Nc2ccc(NS(C)(=O)=O)cc21. The summed E-state index contributed by atoms with van der Waals surface area (Å²) in [5.74, 6) is -0.830. The van der Waals surface area contributed by atoms with Gasteiger partial charge in [-0.25, -0.2) is 13.2 Å². The normalized spacial score (nSPS) is 23.8. The highest BCUT2D eigenvalue weighted by atomic mass is 32.2. The first-order valence-corrected chi connectivity index (χ1v) is 15.3. The van der Waals surface area contributed by atoms with Crippen LogP contribution in [0.5, 0.6) is 0 Å². The summed E-state index contributed by atoms with van der Waals surface area (Å²) in [5, 5.41) is 18.4. The molecule has 0 bridgehead atoms. The number of rotatable bonds is 7. The third-order valence-corrected chi connectivity index (χ3v) is 8.16. The predicted octanol–water partition coefficient (Wildman–Crippen LogP) is 4.25. The minimum Gasteiger partial charge on any atom is -0.505 e. The predicted molar refractivity (Wildman–Crippen MR) is 147 cm³/mol. The molecule has 0 saturated heterocycles. The number of amides is 1. The molecule has 2 aliphatic heterocycles. The molecule has 1 amide bonds. The van der Waals surface area contributed by atoms with Gasteiger partial charge in [-0.2, -0.15) is 0 Å². The zero-order valence-electron chi connectivity index (χ0n) is 22.2. The van der Waals surface area contributed by atoms with E-state index < -0.39 is 28.0 Å². The van der Waals surface area contributed by atoms with Crippen LogP contribution in [0.4, 0.5) is 11.4 Å². The Morgan fingerprint density at radius 1 is 1.30 bits per heavy atom. The lowest BCUT2D eigenvalue weighted by molar-refractivity contribution is -0.769. The summed E-state index contributed by atoms with van der Waals surface area (Å²) in [6.45, 7) is 11.7. The molecule has 0 aliphatic carbocycles. The van der Waals surface area contributed by atoms with Crippen LogP contribution in [0.2, 0.25) is 0 Å². The second-order valence-electron chi connectivity index (χ2n) is 10.5. The molecule has 202 valence electrons. The van der Waals surface area contributed by atoms with Crippen LogP contribution in [0.3, 0.4) is 0 Å². The molecular formula is C24H35N5O6PS+. The topological polar surface area (TPSA) is 147 Å². The zero-order valence-corrected chi connectivity index (χ0v) is 23.9. The van der Waals surface area contributed by atoms with Crippen LogP contribution in [0.15, 0.2) is 51.5 Å². The maximum atomic E-state index is 14.1. The van der Waals surface area contributed by atoms with Crippen LogP contribution >= 0.6 is 7.52 Å². The molecule has 13 heteroatoms. The van der Waals surface area contributed by atoms with Crippen LogP contribution < -0.4 is 15.3 Å². The van der Waals surface area contributed by atoms with E-state index in [0.29, 0.717) is 12.1 Å². The molecule has 0 saturated carbocycles. The van der Waals surface area contributed by atoms with E-state index in [1.54, 1.807) is 19.1 Å². The van der Waals surface area contributed by atoms with Gasteiger partial charge in [-0.15, -0.1) is 4.76 Å². The van der Waals surface area contributed by atoms with Crippen LogP contribution in [0, 0.1) is 5.41 Å². The number of carbonyl (C=O) groups is 1. The Bertz CT molecular complexity index is 1390. The highest BCUT2D eigenvalue weighted by Gasteiger charge is 2.51. The Morgan fingerprint density at radius 3 is 2.54 bits per heavy atom. The number of allylic oxidation sites excluding steroid dienone is 2. The van der Waals surface area contributed by atoms with Crippen LogP contribution in [-0.2, 0) is 23.9 Å². The Balaban J connectivity index is 2.24. The summed E-state index contributed by atoms with van der Waals surface area (Å²) >= 11 is 0. The lowest BCUT2D eigenvalue weighted by Gasteiger charge is -2.35. The Hall–Kier alpha value is -2.79. The molecule has 11 nitrogen and oxygen atoms in total. The van der Waals surface area contributed by atoms with Crippen molar-refractivity contribution in [3.05, 3.63) is 41.7 Å². The molecule has 0 fully saturated rings. The molecule has 3 rings (SSSR count). The molecule has 37 heavy (non-hydrogen) atoms. The lowest BCUT2D eigenvalue weighted by Crippen LogP contribution is -2.59. The Kier molecular flexibility index (Phi) is 7.91. The van der Waals surface area contributed by atoms with Gasteiger partial charge in [0, 0.05) is 12.1 Å². The van der Waals surface area contributed by atoms with Crippen molar-refractivity contribution in [3.8, 4) is 0 Å². The maximum absolute atomic E-state index is 14.1. The standard InChI is InChI=1S/C24H34N5O6PS/c1-8-35-36(32)21-14-17(28-37(7,33)34)9-10-18(21)25-23(27-36)29(12-11-24(4,5)6)22(31)15-20(30)19(26-29)13-16(2)3/h9-10,13-15H,8,11-12H2,1-7H3,(H2-,25,26,27,28,30,31,32)/p+1. The van der Waals surface area contributed by atoms with Gasteiger partial charge >= 0.3 is 19.4 Å². The molecule has 2 heterocycles. The minimum atomic E-state index is -3.96. The Morgan fingerprint density at radius 2 is 1.97 bits per heavy atom. The Labute approximate surface area is 218 Å². The highest BCUT2D eigenvalue weighted by Crippen LogP contribution is 2.52. The number of hydrogen-bond donors (Lipinski definition) is 3. The van der Waals surface area contributed by atoms with Crippen molar-refractivity contribution >= 4 is 51.8 Å². The second-order valence-corrected chi connectivity index (χ2v) is 14.2. The molecule has 1 aromatic carbocycles. The van der Waals surface area contributed by atoms with Crippen LogP contribution in [0.1, 0.15) is 48.0 Å². The van der Waals surface area contributed by atoms with Crippen molar-refractivity contribution in [2.24, 2.45) is 15.3 Å². The van der Waals surface area contributed by atoms with E-state index in [1.165, 1.54) is 12.1 Å². The summed E-state index contributed by atoms with van der Waals surface area (Å²) in [7, 11) is -7.54. The average molecular weight is 553 g/mol. The van der Waals surface area contributed by atoms with E-state index in [0.717, 1.165) is 17.9 Å². The van der Waals surface area contributed by atoms with Crippen LogP contribution in [0.25, 0.3) is 0 Å². The molecule has 2 aliphatic rings. The van der Waals surface area contributed by atoms with Crippen molar-refractivity contribution in [3.63, 3.8) is 0 Å². The fourth-order valence-electron chi connectivity index (χ4n) is 3.79. The fourth-order valence-corrected chi connectivity index (χ4v) is 6.18. The van der Waals surface area contributed by atoms with Gasteiger partial charge in [0.1, 0.15) is 6.54 Å². The van der Waals surface area contributed by atoms with E-state index in [9.17, 15) is 22.9 Å². The summed E-state index contributed by atoms with van der Waals surface area (Å²) in [6.07, 6.45) is 4.32. The third kappa shape index (κ3) is 6.56. The monoisotopic (exact) mass is 552 g/mol. The molecule has 0 aromatic heterocycles. The van der Waals surface area contributed by atoms with Gasteiger partial charge in [0.15, 0.2) is 11.5 Å². The summed E-state index contributed by atoms with van der Waals surface area (Å²) in [6, 6.07) is 4.46. The highest BCUT2D eigenvalue weighted by molar-refractivity contribution is 7.92. The second kappa shape index (κ2) is 10.2. The zero-order chi connectivity index (χ0) is 27.8. The molecule has 0 spiro atoms. The number of benzene rings is 1. The number of anilines is 2. The van der Waals surface area contributed by atoms with E-state index in [1.807, 2.05) is 34.6 Å². The number of nitrogens with one attached hydrogen (secondary N) is 2. The molecule has 2 atom stereocenters. The van der Waals surface area contributed by atoms with Gasteiger partial charge in [0.25, 0.3) is 0 Å². The van der Waals surface area contributed by atoms with Crippen molar-refractivity contribution < 1.29 is 32.0 Å². The summed E-state index contributed by atoms with van der Waals surface area (Å²) < 4.78 is 49.4. The van der Waals surface area contributed by atoms with Gasteiger partial charge in [0.2, 0.25) is 10.0 Å². The quantitative estimate of drug-likeness (QED) is 0.338. The molecule has 0 radical (unpaired) electrons. The first kappa shape index (κ1) is 28.8. The number of quaternary nitrogens is 1. The number of guanidine groups is 1. The smallest absolute Gasteiger partial charge is 0.376 e. The van der Waals surface area contributed by atoms with Gasteiger partial charge in [-0.05, 0) is 50.5 Å². The summed E-state index contributed by atoms with van der Waals surface area (Å²) in [4.78, 5) is 13.5. The maximum Gasteiger partial charge on any atom is 0.376 e. The van der Waals surface area contributed by atoms with Crippen LogP contribution in [-0.4, -0.2) is 55.1 Å². The molecule has 2 unspecified atom stereocenters. The number of aliphatic hydroxyl groups is 1. The number of carbonyl (C=O) groups excluding carboxylic acids is 1. The van der Waals surface area contributed by atoms with Gasteiger partial charge in [0.05, 0.1) is 29.9 Å². The number of aliphatic hydroxyl groups excluding tert-OH is 1. The van der Waals surface area contributed by atoms with E-state index in [-0.39, 0.29) is 47.0 Å². The number of hydrogen-bond acceptors (Lipinski definition) is 8. The van der Waals surface area contributed by atoms with Crippen molar-refractivity contribution in [2.45, 2.75) is 48.0 Å². The number of nitrogens with zero attached hydrogens (tertiary/aromatic N) is 3. The first-order valence-electron chi connectivity index (χ1n) is 11.8. The number of sulfonamides is 1. The van der Waals surface area contributed by atoms with E-state index in [2.05, 4.69) is 19.9 Å². The fraction of sp³-hybridized carbons (Fsp3) is 0.458.